The molecule has 29 heavy (non-hydrogen) atoms. The number of nitrogens with zero attached hydrogens (tertiary/aromatic N) is 2. The number of aryl methyl sites for hydroxylation is 1. The Kier molecular flexibility index (Phi) is 4.75. The van der Waals surface area contributed by atoms with Crippen molar-refractivity contribution in [2.24, 2.45) is 7.05 Å². The number of rotatable bonds is 4. The summed E-state index contributed by atoms with van der Waals surface area (Å²) in [6.07, 6.45) is -0.0654. The van der Waals surface area contributed by atoms with Crippen LogP contribution in [0, 0.1) is 0 Å². The third-order valence-corrected chi connectivity index (χ3v) is 4.85. The summed E-state index contributed by atoms with van der Waals surface area (Å²) in [6.45, 7) is 1.67. The lowest BCUT2D eigenvalue weighted by molar-refractivity contribution is -0.122. The van der Waals surface area contributed by atoms with Crippen molar-refractivity contribution >= 4 is 34.1 Å². The Bertz CT molecular complexity index is 1190. The lowest BCUT2D eigenvalue weighted by Gasteiger charge is -2.23. The summed E-state index contributed by atoms with van der Waals surface area (Å²) in [7, 11) is 1.65. The van der Waals surface area contributed by atoms with Crippen molar-refractivity contribution in [3.05, 3.63) is 58.6 Å². The fraction of sp³-hybridized carbons (Fsp3) is 0.238. The molecule has 2 heterocycles. The number of amides is 2. The molecule has 8 nitrogen and oxygen atoms in total. The largest absolute Gasteiger partial charge is 0.479 e. The van der Waals surface area contributed by atoms with Gasteiger partial charge in [-0.25, -0.2) is 4.98 Å². The van der Waals surface area contributed by atoms with Crippen LogP contribution in [-0.2, 0) is 23.1 Å². The standard InChI is InChI=1S/C21H20N4O4/c1-12-20(27)24-16-11-13(7-8-17(16)29-12)22-19(26)10-9-18-23-15-6-4-3-5-14(15)21(28)25(18)2/h3-8,11-12H,9-10H2,1-2H3,(H,22,26)(H,24,27)/t12-/m1/s1. The average Bonchev–Trinajstić information content (AvgIpc) is 2.71. The van der Waals surface area contributed by atoms with Gasteiger partial charge in [-0.05, 0) is 37.3 Å². The normalized spacial score (nSPS) is 15.4. The summed E-state index contributed by atoms with van der Waals surface area (Å²) in [5.41, 5.74) is 1.55. The molecule has 8 heteroatoms. The molecule has 148 valence electrons. The molecule has 2 aromatic carbocycles. The lowest BCUT2D eigenvalue weighted by Crippen LogP contribution is -2.34. The second-order valence-electron chi connectivity index (χ2n) is 6.92. The molecule has 1 atom stereocenters. The van der Waals surface area contributed by atoms with Gasteiger partial charge in [0.1, 0.15) is 11.6 Å². The van der Waals surface area contributed by atoms with E-state index in [9.17, 15) is 14.4 Å². The molecule has 1 aliphatic rings. The van der Waals surface area contributed by atoms with Crippen LogP contribution in [0.3, 0.4) is 0 Å². The van der Waals surface area contributed by atoms with Crippen molar-refractivity contribution in [1.29, 1.82) is 0 Å². The van der Waals surface area contributed by atoms with Gasteiger partial charge in [-0.15, -0.1) is 0 Å². The Morgan fingerprint density at radius 2 is 2.03 bits per heavy atom. The van der Waals surface area contributed by atoms with E-state index in [1.807, 2.05) is 6.07 Å². The van der Waals surface area contributed by atoms with Gasteiger partial charge >= 0.3 is 0 Å². The Morgan fingerprint density at radius 1 is 1.24 bits per heavy atom. The third kappa shape index (κ3) is 3.69. The molecule has 0 fully saturated rings. The molecule has 0 aliphatic carbocycles. The van der Waals surface area contributed by atoms with Crippen molar-refractivity contribution in [2.75, 3.05) is 10.6 Å². The minimum absolute atomic E-state index is 0.134. The van der Waals surface area contributed by atoms with Gasteiger partial charge in [0.25, 0.3) is 11.5 Å². The highest BCUT2D eigenvalue weighted by Gasteiger charge is 2.23. The summed E-state index contributed by atoms with van der Waals surface area (Å²) in [5.74, 6) is 0.655. The van der Waals surface area contributed by atoms with Crippen LogP contribution >= 0.6 is 0 Å². The van der Waals surface area contributed by atoms with E-state index >= 15 is 0 Å². The maximum absolute atomic E-state index is 12.4. The Morgan fingerprint density at radius 3 is 2.86 bits per heavy atom. The summed E-state index contributed by atoms with van der Waals surface area (Å²) in [4.78, 5) is 41.1. The van der Waals surface area contributed by atoms with Gasteiger partial charge in [-0.1, -0.05) is 12.1 Å². The highest BCUT2D eigenvalue weighted by molar-refractivity contribution is 5.99. The van der Waals surface area contributed by atoms with Gasteiger partial charge < -0.3 is 15.4 Å². The molecule has 4 rings (SSSR count). The first-order valence-electron chi connectivity index (χ1n) is 9.28. The highest BCUT2D eigenvalue weighted by atomic mass is 16.5. The van der Waals surface area contributed by atoms with E-state index in [-0.39, 0.29) is 23.8 Å². The summed E-state index contributed by atoms with van der Waals surface area (Å²) >= 11 is 0. The zero-order valence-corrected chi connectivity index (χ0v) is 16.1. The highest BCUT2D eigenvalue weighted by Crippen LogP contribution is 2.32. The second kappa shape index (κ2) is 7.38. The van der Waals surface area contributed by atoms with Crippen LogP contribution in [-0.4, -0.2) is 27.5 Å². The van der Waals surface area contributed by atoms with E-state index in [0.717, 1.165) is 0 Å². The molecule has 0 unspecified atom stereocenters. The molecule has 2 amide bonds. The molecular weight excluding hydrogens is 372 g/mol. The van der Waals surface area contributed by atoms with Crippen LogP contribution in [0.1, 0.15) is 19.2 Å². The fourth-order valence-electron chi connectivity index (χ4n) is 3.22. The molecule has 1 aromatic heterocycles. The zero-order valence-electron chi connectivity index (χ0n) is 16.1. The maximum atomic E-state index is 12.4. The number of anilines is 2. The first kappa shape index (κ1) is 18.7. The molecule has 1 aliphatic heterocycles. The van der Waals surface area contributed by atoms with E-state index < -0.39 is 6.10 Å². The number of hydrogen-bond donors (Lipinski definition) is 2. The first-order valence-corrected chi connectivity index (χ1v) is 9.28. The van der Waals surface area contributed by atoms with Crippen LogP contribution in [0.2, 0.25) is 0 Å². The third-order valence-electron chi connectivity index (χ3n) is 4.85. The molecule has 3 aromatic rings. The second-order valence-corrected chi connectivity index (χ2v) is 6.92. The number of nitrogens with one attached hydrogen (secondary N) is 2. The molecule has 0 bridgehead atoms. The van der Waals surface area contributed by atoms with Gasteiger partial charge in [0.05, 0.1) is 16.6 Å². The van der Waals surface area contributed by atoms with E-state index in [4.69, 9.17) is 4.74 Å². The number of ether oxygens (including phenoxy) is 1. The Labute approximate surface area is 166 Å². The quantitative estimate of drug-likeness (QED) is 0.709. The van der Waals surface area contributed by atoms with Crippen LogP contribution in [0.5, 0.6) is 5.75 Å². The monoisotopic (exact) mass is 392 g/mol. The Balaban J connectivity index is 1.45. The predicted molar refractivity (Wildman–Crippen MR) is 109 cm³/mol. The molecule has 2 N–H and O–H groups in total. The number of carbonyl (C=O) groups is 2. The number of para-hydroxylation sites is 1. The summed E-state index contributed by atoms with van der Waals surface area (Å²) < 4.78 is 6.98. The van der Waals surface area contributed by atoms with Crippen LogP contribution in [0.4, 0.5) is 11.4 Å². The van der Waals surface area contributed by atoms with Crippen LogP contribution in [0.25, 0.3) is 10.9 Å². The van der Waals surface area contributed by atoms with Crippen LogP contribution < -0.4 is 20.9 Å². The minimum atomic E-state index is -0.552. The molecule has 0 saturated carbocycles. The average molecular weight is 392 g/mol. The van der Waals surface area contributed by atoms with Crippen molar-refractivity contribution < 1.29 is 14.3 Å². The molecule has 0 radical (unpaired) electrons. The van der Waals surface area contributed by atoms with Crippen molar-refractivity contribution in [3.8, 4) is 5.75 Å². The lowest BCUT2D eigenvalue weighted by atomic mass is 10.2. The first-order chi connectivity index (χ1) is 13.9. The van der Waals surface area contributed by atoms with Crippen molar-refractivity contribution in [3.63, 3.8) is 0 Å². The van der Waals surface area contributed by atoms with Gasteiger partial charge in [0.2, 0.25) is 5.91 Å². The fourth-order valence-corrected chi connectivity index (χ4v) is 3.22. The van der Waals surface area contributed by atoms with E-state index in [2.05, 4.69) is 15.6 Å². The van der Waals surface area contributed by atoms with Crippen molar-refractivity contribution in [1.82, 2.24) is 9.55 Å². The number of hydrogen-bond acceptors (Lipinski definition) is 5. The SMILES string of the molecule is C[C@H]1Oc2ccc(NC(=O)CCc3nc4ccccc4c(=O)n3C)cc2NC1=O. The number of aromatic nitrogens is 2. The predicted octanol–water partition coefficient (Wildman–Crippen LogP) is 2.22. The molecular formula is C21H20N4O4. The van der Waals surface area contributed by atoms with E-state index in [1.54, 1.807) is 50.4 Å². The van der Waals surface area contributed by atoms with Gasteiger partial charge in [0.15, 0.2) is 6.10 Å². The molecule has 0 saturated heterocycles. The minimum Gasteiger partial charge on any atom is -0.479 e. The van der Waals surface area contributed by atoms with Gasteiger partial charge in [-0.3, -0.25) is 19.0 Å². The number of benzene rings is 2. The summed E-state index contributed by atoms with van der Waals surface area (Å²) in [6, 6.07) is 12.2. The topological polar surface area (TPSA) is 102 Å². The van der Waals surface area contributed by atoms with E-state index in [1.165, 1.54) is 4.57 Å². The van der Waals surface area contributed by atoms with Crippen molar-refractivity contribution in [2.45, 2.75) is 25.9 Å². The zero-order chi connectivity index (χ0) is 20.5. The smallest absolute Gasteiger partial charge is 0.265 e. The molecule has 0 spiro atoms. The number of fused-ring (bicyclic) bond motifs is 2. The van der Waals surface area contributed by atoms with Gasteiger partial charge in [0, 0.05) is 25.6 Å². The van der Waals surface area contributed by atoms with Gasteiger partial charge in [-0.2, -0.15) is 0 Å². The van der Waals surface area contributed by atoms with Crippen LogP contribution in [0.15, 0.2) is 47.3 Å². The summed E-state index contributed by atoms with van der Waals surface area (Å²) in [5, 5.41) is 6.10. The Hall–Kier alpha value is -3.68. The number of carbonyl (C=O) groups excluding carboxylic acids is 2. The van der Waals surface area contributed by atoms with E-state index in [0.29, 0.717) is 40.3 Å². The maximum Gasteiger partial charge on any atom is 0.265 e.